The highest BCUT2D eigenvalue weighted by atomic mass is 32.2. The molecule has 0 N–H and O–H groups in total. The summed E-state index contributed by atoms with van der Waals surface area (Å²) in [6.07, 6.45) is 0.114. The molecule has 1 saturated heterocycles. The zero-order valence-corrected chi connectivity index (χ0v) is 7.45. The minimum Gasteiger partial charge on any atom is -0.740 e. The minimum atomic E-state index is -2.51. The van der Waals surface area contributed by atoms with Crippen LogP contribution in [0.25, 0.3) is 0 Å². The highest BCUT2D eigenvalue weighted by Gasteiger charge is 2.24. The lowest BCUT2D eigenvalue weighted by molar-refractivity contribution is 0.413. The topological polar surface area (TPSA) is 61.9 Å². The molecule has 1 fully saturated rings. The predicted octanol–water partition coefficient (Wildman–Crippen LogP) is 0.931. The van der Waals surface area contributed by atoms with Gasteiger partial charge in [-0.05, 0) is 17.7 Å². The van der Waals surface area contributed by atoms with E-state index in [0.717, 1.165) is 5.56 Å². The first-order valence-electron chi connectivity index (χ1n) is 3.75. The van der Waals surface area contributed by atoms with Crippen molar-refractivity contribution in [3.63, 3.8) is 0 Å². The van der Waals surface area contributed by atoms with E-state index < -0.39 is 11.4 Å². The Labute approximate surface area is 78.0 Å². The van der Waals surface area contributed by atoms with Gasteiger partial charge in [0.2, 0.25) is 0 Å². The van der Waals surface area contributed by atoms with Crippen molar-refractivity contribution in [1.82, 2.24) is 0 Å². The van der Waals surface area contributed by atoms with Crippen LogP contribution in [0.2, 0.25) is 0 Å². The summed E-state index contributed by atoms with van der Waals surface area (Å²) in [6, 6.07) is 6.85. The fourth-order valence-corrected chi connectivity index (χ4v) is 1.35. The Morgan fingerprint density at radius 3 is 3.00 bits per heavy atom. The van der Waals surface area contributed by atoms with E-state index in [9.17, 15) is 8.76 Å². The van der Waals surface area contributed by atoms with Crippen LogP contribution >= 0.6 is 0 Å². The number of hydrogen-bond acceptors (Lipinski definition) is 4. The summed E-state index contributed by atoms with van der Waals surface area (Å²) in [4.78, 5) is 0. The quantitative estimate of drug-likeness (QED) is 0.536. The molecule has 1 aliphatic rings. The number of epoxide rings is 1. The Morgan fingerprint density at radius 2 is 2.38 bits per heavy atom. The minimum absolute atomic E-state index is 0.114. The third kappa shape index (κ3) is 2.27. The van der Waals surface area contributed by atoms with Gasteiger partial charge in [0.1, 0.15) is 23.2 Å². The first-order chi connectivity index (χ1) is 6.25. The third-order valence-electron chi connectivity index (χ3n) is 1.73. The second kappa shape index (κ2) is 3.45. The Morgan fingerprint density at radius 1 is 1.62 bits per heavy atom. The van der Waals surface area contributed by atoms with E-state index in [0.29, 0.717) is 12.4 Å². The highest BCUT2D eigenvalue weighted by molar-refractivity contribution is 7.74. The monoisotopic (exact) mass is 199 g/mol. The van der Waals surface area contributed by atoms with Crippen molar-refractivity contribution in [2.24, 2.45) is 0 Å². The fraction of sp³-hybridized carbons (Fsp3) is 0.250. The van der Waals surface area contributed by atoms with Crippen LogP contribution in [-0.4, -0.2) is 15.4 Å². The molecule has 0 saturated carbocycles. The van der Waals surface area contributed by atoms with Crippen LogP contribution in [0.4, 0.5) is 0 Å². The molecule has 0 aliphatic carbocycles. The number of benzene rings is 1. The lowest BCUT2D eigenvalue weighted by Gasteiger charge is -2.07. The summed E-state index contributed by atoms with van der Waals surface area (Å²) in [5.41, 5.74) is 0.947. The van der Waals surface area contributed by atoms with Crippen LogP contribution in [0.5, 0.6) is 5.75 Å². The van der Waals surface area contributed by atoms with Crippen LogP contribution in [0.15, 0.2) is 24.3 Å². The molecule has 0 radical (unpaired) electrons. The van der Waals surface area contributed by atoms with Gasteiger partial charge in [0.05, 0.1) is 6.61 Å². The second-order valence-corrected chi connectivity index (χ2v) is 3.26. The first kappa shape index (κ1) is 8.68. The maximum atomic E-state index is 10.2. The van der Waals surface area contributed by atoms with E-state index in [-0.39, 0.29) is 6.10 Å². The van der Waals surface area contributed by atoms with Crippen molar-refractivity contribution in [3.8, 4) is 5.75 Å². The van der Waals surface area contributed by atoms with Crippen molar-refractivity contribution >= 4 is 11.4 Å². The van der Waals surface area contributed by atoms with Crippen LogP contribution in [0.3, 0.4) is 0 Å². The van der Waals surface area contributed by atoms with Gasteiger partial charge in [0, 0.05) is 0 Å². The first-order valence-corrected chi connectivity index (χ1v) is 4.75. The number of ether oxygens (including phenoxy) is 1. The van der Waals surface area contributed by atoms with Crippen LogP contribution in [-0.2, 0) is 16.1 Å². The molecule has 5 heteroatoms. The summed E-state index contributed by atoms with van der Waals surface area (Å²) in [5.74, 6) is 0.321. The van der Waals surface area contributed by atoms with Crippen LogP contribution < -0.4 is 4.18 Å². The van der Waals surface area contributed by atoms with Gasteiger partial charge >= 0.3 is 0 Å². The largest absolute Gasteiger partial charge is 0.740 e. The molecule has 1 aromatic rings. The molecule has 0 bridgehead atoms. The van der Waals surface area contributed by atoms with E-state index in [2.05, 4.69) is 4.18 Å². The Kier molecular flexibility index (Phi) is 2.30. The zero-order chi connectivity index (χ0) is 9.26. The molecule has 0 aromatic heterocycles. The normalized spacial score (nSPS) is 22.4. The third-order valence-corrected chi connectivity index (χ3v) is 2.06. The lowest BCUT2D eigenvalue weighted by Crippen LogP contribution is -1.98. The Balaban J connectivity index is 2.16. The van der Waals surface area contributed by atoms with Gasteiger partial charge in [0.25, 0.3) is 0 Å². The average Bonchev–Trinajstić information content (AvgIpc) is 2.85. The lowest BCUT2D eigenvalue weighted by atomic mass is 10.1. The maximum Gasteiger partial charge on any atom is 0.139 e. The van der Waals surface area contributed by atoms with Gasteiger partial charge in [-0.25, -0.2) is 4.21 Å². The van der Waals surface area contributed by atoms with Crippen molar-refractivity contribution in [1.29, 1.82) is 0 Å². The predicted molar refractivity (Wildman–Crippen MR) is 44.7 cm³/mol. The molecular weight excluding hydrogens is 192 g/mol. The summed E-state index contributed by atoms with van der Waals surface area (Å²) in [7, 11) is 0. The molecule has 4 nitrogen and oxygen atoms in total. The molecule has 0 spiro atoms. The molecule has 2 unspecified atom stereocenters. The average molecular weight is 199 g/mol. The maximum absolute atomic E-state index is 10.2. The summed E-state index contributed by atoms with van der Waals surface area (Å²) < 4.78 is 30.0. The molecule has 1 aliphatic heterocycles. The SMILES string of the molecule is O=S([O-])Oc1cccc(C2CO2)c1. The molecule has 1 heterocycles. The number of hydrogen-bond donors (Lipinski definition) is 0. The Bertz CT molecular complexity index is 335. The van der Waals surface area contributed by atoms with E-state index in [1.165, 1.54) is 0 Å². The van der Waals surface area contributed by atoms with Crippen molar-refractivity contribution in [3.05, 3.63) is 29.8 Å². The molecule has 0 amide bonds. The van der Waals surface area contributed by atoms with Crippen molar-refractivity contribution < 1.29 is 17.7 Å². The second-order valence-electron chi connectivity index (χ2n) is 2.68. The van der Waals surface area contributed by atoms with Gasteiger partial charge in [-0.3, -0.25) is 0 Å². The van der Waals surface area contributed by atoms with Crippen molar-refractivity contribution in [2.75, 3.05) is 6.61 Å². The zero-order valence-electron chi connectivity index (χ0n) is 6.64. The van der Waals surface area contributed by atoms with Crippen LogP contribution in [0, 0.1) is 0 Å². The molecular formula is C8H7O4S-. The van der Waals surface area contributed by atoms with E-state index in [1.54, 1.807) is 18.2 Å². The van der Waals surface area contributed by atoms with E-state index >= 15 is 0 Å². The Hall–Kier alpha value is -0.910. The van der Waals surface area contributed by atoms with Gasteiger partial charge in [-0.1, -0.05) is 12.1 Å². The van der Waals surface area contributed by atoms with Gasteiger partial charge in [-0.15, -0.1) is 0 Å². The summed E-state index contributed by atoms with van der Waals surface area (Å²) in [5, 5.41) is 0. The standard InChI is InChI=1S/C8H8O4S/c9-13(10)12-7-3-1-2-6(4-7)8-5-11-8/h1-4,8H,5H2,(H,9,10)/p-1. The smallest absolute Gasteiger partial charge is 0.139 e. The van der Waals surface area contributed by atoms with Gasteiger partial charge in [0.15, 0.2) is 0 Å². The van der Waals surface area contributed by atoms with Gasteiger partial charge in [-0.2, -0.15) is 0 Å². The molecule has 13 heavy (non-hydrogen) atoms. The highest BCUT2D eigenvalue weighted by Crippen LogP contribution is 2.31. The van der Waals surface area contributed by atoms with E-state index in [4.69, 9.17) is 4.74 Å². The summed E-state index contributed by atoms with van der Waals surface area (Å²) in [6.45, 7) is 0.698. The molecule has 70 valence electrons. The fourth-order valence-electron chi connectivity index (χ4n) is 1.09. The number of rotatable bonds is 3. The molecule has 1 aromatic carbocycles. The van der Waals surface area contributed by atoms with Crippen LogP contribution in [0.1, 0.15) is 11.7 Å². The van der Waals surface area contributed by atoms with Crippen molar-refractivity contribution in [2.45, 2.75) is 6.10 Å². The molecule has 2 rings (SSSR count). The molecule has 2 atom stereocenters. The van der Waals surface area contributed by atoms with Gasteiger partial charge < -0.3 is 13.5 Å². The van der Waals surface area contributed by atoms with E-state index in [1.807, 2.05) is 6.07 Å². The summed E-state index contributed by atoms with van der Waals surface area (Å²) >= 11 is -2.51.